The Bertz CT molecular complexity index is 136. The number of nitrogens with two attached hydrogens (primary N) is 1. The zero-order chi connectivity index (χ0) is 7.56. The monoisotopic (exact) mass is 179 g/mol. The van der Waals surface area contributed by atoms with Gasteiger partial charge in [-0.25, -0.2) is 0 Å². The molecule has 0 radical (unpaired) electrons. The molecule has 3 N–H and O–H groups in total. The Balaban J connectivity index is 0.000001000. The standard InChI is InChI=1S/C7H13NO2.ClH/c8-6(4-7(9)10)5-2-1-3-5;/h5-6H,1-4,8H2,(H,9,10);1H. The van der Waals surface area contributed by atoms with Crippen LogP contribution in [-0.4, -0.2) is 17.1 Å². The van der Waals surface area contributed by atoms with Crippen molar-refractivity contribution in [1.82, 2.24) is 0 Å². The van der Waals surface area contributed by atoms with Crippen molar-refractivity contribution in [1.29, 1.82) is 0 Å². The number of hydrogen-bond donors (Lipinski definition) is 2. The summed E-state index contributed by atoms with van der Waals surface area (Å²) in [5, 5.41) is 8.37. The van der Waals surface area contributed by atoms with Crippen molar-refractivity contribution < 1.29 is 9.90 Å². The van der Waals surface area contributed by atoms with Crippen molar-refractivity contribution in [3.63, 3.8) is 0 Å². The van der Waals surface area contributed by atoms with E-state index in [1.807, 2.05) is 0 Å². The van der Waals surface area contributed by atoms with E-state index in [1.165, 1.54) is 6.42 Å². The Morgan fingerprint density at radius 3 is 2.45 bits per heavy atom. The third-order valence-electron chi connectivity index (χ3n) is 2.17. The highest BCUT2D eigenvalue weighted by molar-refractivity contribution is 5.85. The molecule has 0 bridgehead atoms. The molecule has 3 nitrogen and oxygen atoms in total. The molecule has 0 aliphatic heterocycles. The Hall–Kier alpha value is -0.280. The molecule has 1 aliphatic rings. The summed E-state index contributed by atoms with van der Waals surface area (Å²) < 4.78 is 0. The van der Waals surface area contributed by atoms with E-state index in [-0.39, 0.29) is 24.9 Å². The van der Waals surface area contributed by atoms with Crippen LogP contribution in [0.5, 0.6) is 0 Å². The lowest BCUT2D eigenvalue weighted by atomic mass is 9.79. The highest BCUT2D eigenvalue weighted by Crippen LogP contribution is 2.29. The summed E-state index contributed by atoms with van der Waals surface area (Å²) in [5.41, 5.74) is 5.60. The Kier molecular flexibility index (Phi) is 4.45. The van der Waals surface area contributed by atoms with E-state index in [4.69, 9.17) is 10.8 Å². The minimum Gasteiger partial charge on any atom is -0.481 e. The van der Waals surface area contributed by atoms with Crippen molar-refractivity contribution in [2.24, 2.45) is 11.7 Å². The zero-order valence-corrected chi connectivity index (χ0v) is 7.14. The highest BCUT2D eigenvalue weighted by Gasteiger charge is 2.25. The molecular weight excluding hydrogens is 166 g/mol. The normalized spacial score (nSPS) is 19.7. The maximum Gasteiger partial charge on any atom is 0.304 e. The van der Waals surface area contributed by atoms with E-state index in [0.29, 0.717) is 5.92 Å². The molecule has 1 atom stereocenters. The number of carboxylic acids is 1. The molecule has 0 amide bonds. The van der Waals surface area contributed by atoms with Gasteiger partial charge in [0.2, 0.25) is 0 Å². The smallest absolute Gasteiger partial charge is 0.304 e. The van der Waals surface area contributed by atoms with Crippen LogP contribution in [-0.2, 0) is 4.79 Å². The minimum atomic E-state index is -0.778. The number of rotatable bonds is 3. The second kappa shape index (κ2) is 4.57. The fraction of sp³-hybridized carbons (Fsp3) is 0.857. The predicted molar refractivity (Wildman–Crippen MR) is 44.8 cm³/mol. The van der Waals surface area contributed by atoms with Crippen LogP contribution in [0.2, 0.25) is 0 Å². The lowest BCUT2D eigenvalue weighted by Gasteiger charge is -2.30. The van der Waals surface area contributed by atoms with Crippen LogP contribution in [0.1, 0.15) is 25.7 Å². The Labute approximate surface area is 72.4 Å². The topological polar surface area (TPSA) is 63.3 Å². The van der Waals surface area contributed by atoms with Crippen LogP contribution in [0.3, 0.4) is 0 Å². The summed E-state index contributed by atoms with van der Waals surface area (Å²) in [6.07, 6.45) is 3.59. The van der Waals surface area contributed by atoms with Crippen molar-refractivity contribution in [2.75, 3.05) is 0 Å². The number of carbonyl (C=O) groups is 1. The van der Waals surface area contributed by atoms with Crippen LogP contribution in [0.4, 0.5) is 0 Å². The number of hydrogen-bond acceptors (Lipinski definition) is 2. The SMILES string of the molecule is Cl.NC(CC(=O)O)C1CCC1. The Morgan fingerprint density at radius 2 is 2.18 bits per heavy atom. The van der Waals surface area contributed by atoms with Crippen molar-refractivity contribution >= 4 is 18.4 Å². The van der Waals surface area contributed by atoms with E-state index in [1.54, 1.807) is 0 Å². The molecule has 0 spiro atoms. The fourth-order valence-corrected chi connectivity index (χ4v) is 1.24. The van der Waals surface area contributed by atoms with Gasteiger partial charge in [-0.15, -0.1) is 12.4 Å². The maximum absolute atomic E-state index is 10.2. The average Bonchev–Trinajstić information content (AvgIpc) is 1.55. The summed E-state index contributed by atoms with van der Waals surface area (Å²) in [7, 11) is 0. The first-order valence-corrected chi connectivity index (χ1v) is 3.67. The first kappa shape index (κ1) is 10.7. The second-order valence-corrected chi connectivity index (χ2v) is 2.95. The van der Waals surface area contributed by atoms with Gasteiger partial charge >= 0.3 is 5.97 Å². The first-order chi connectivity index (χ1) is 4.70. The largest absolute Gasteiger partial charge is 0.481 e. The molecule has 11 heavy (non-hydrogen) atoms. The van der Waals surface area contributed by atoms with Gasteiger partial charge in [0.1, 0.15) is 0 Å². The minimum absolute atomic E-state index is 0. The van der Waals surface area contributed by atoms with Crippen LogP contribution < -0.4 is 5.73 Å². The van der Waals surface area contributed by atoms with Crippen molar-refractivity contribution in [3.8, 4) is 0 Å². The second-order valence-electron chi connectivity index (χ2n) is 2.95. The number of aliphatic carboxylic acids is 1. The summed E-state index contributed by atoms with van der Waals surface area (Å²) in [4.78, 5) is 10.2. The van der Waals surface area contributed by atoms with Crippen molar-refractivity contribution in [3.05, 3.63) is 0 Å². The average molecular weight is 180 g/mol. The fourth-order valence-electron chi connectivity index (χ4n) is 1.24. The summed E-state index contributed by atoms with van der Waals surface area (Å²) >= 11 is 0. The van der Waals surface area contributed by atoms with E-state index in [0.717, 1.165) is 12.8 Å². The van der Waals surface area contributed by atoms with Crippen LogP contribution in [0, 0.1) is 5.92 Å². The van der Waals surface area contributed by atoms with E-state index >= 15 is 0 Å². The number of carboxylic acid groups (broad SMARTS) is 1. The first-order valence-electron chi connectivity index (χ1n) is 3.67. The molecule has 4 heteroatoms. The molecule has 1 aliphatic carbocycles. The summed E-state index contributed by atoms with van der Waals surface area (Å²) in [6, 6.07) is -0.105. The van der Waals surface area contributed by atoms with Crippen LogP contribution in [0.15, 0.2) is 0 Å². The third-order valence-corrected chi connectivity index (χ3v) is 2.17. The van der Waals surface area contributed by atoms with Gasteiger partial charge < -0.3 is 10.8 Å². The number of halogens is 1. The Morgan fingerprint density at radius 1 is 1.64 bits per heavy atom. The molecule has 0 saturated heterocycles. The zero-order valence-electron chi connectivity index (χ0n) is 6.32. The van der Waals surface area contributed by atoms with Gasteiger partial charge in [0.05, 0.1) is 6.42 Å². The van der Waals surface area contributed by atoms with Crippen LogP contribution >= 0.6 is 12.4 Å². The van der Waals surface area contributed by atoms with Gasteiger partial charge in [-0.2, -0.15) is 0 Å². The molecule has 66 valence electrons. The van der Waals surface area contributed by atoms with Gasteiger partial charge in [0.25, 0.3) is 0 Å². The van der Waals surface area contributed by atoms with Gasteiger partial charge in [0.15, 0.2) is 0 Å². The van der Waals surface area contributed by atoms with Crippen LogP contribution in [0.25, 0.3) is 0 Å². The molecule has 1 fully saturated rings. The quantitative estimate of drug-likeness (QED) is 0.680. The van der Waals surface area contributed by atoms with E-state index in [9.17, 15) is 4.79 Å². The molecule has 1 saturated carbocycles. The maximum atomic E-state index is 10.2. The van der Waals surface area contributed by atoms with Crippen molar-refractivity contribution in [2.45, 2.75) is 31.7 Å². The highest BCUT2D eigenvalue weighted by atomic mass is 35.5. The third kappa shape index (κ3) is 3.08. The van der Waals surface area contributed by atoms with Gasteiger partial charge in [-0.3, -0.25) is 4.79 Å². The lowest BCUT2D eigenvalue weighted by molar-refractivity contribution is -0.137. The molecule has 0 aromatic heterocycles. The van der Waals surface area contributed by atoms with Gasteiger partial charge in [0, 0.05) is 6.04 Å². The predicted octanol–water partition coefficient (Wildman–Crippen LogP) is 1.01. The molecular formula is C7H14ClNO2. The molecule has 0 aromatic rings. The van der Waals surface area contributed by atoms with Gasteiger partial charge in [-0.05, 0) is 18.8 Å². The molecule has 1 rings (SSSR count). The molecule has 0 aromatic carbocycles. The molecule has 1 unspecified atom stereocenters. The lowest BCUT2D eigenvalue weighted by Crippen LogP contribution is -2.36. The van der Waals surface area contributed by atoms with Gasteiger partial charge in [-0.1, -0.05) is 6.42 Å². The summed E-state index contributed by atoms with van der Waals surface area (Å²) in [5.74, 6) is -0.296. The van der Waals surface area contributed by atoms with E-state index < -0.39 is 5.97 Å². The molecule has 0 heterocycles. The van der Waals surface area contributed by atoms with E-state index in [2.05, 4.69) is 0 Å². The summed E-state index contributed by atoms with van der Waals surface area (Å²) in [6.45, 7) is 0.